The maximum atomic E-state index is 11.0. The maximum Gasteiger partial charge on any atom is 0.330 e. The van der Waals surface area contributed by atoms with E-state index in [0.29, 0.717) is 6.61 Å². The van der Waals surface area contributed by atoms with Crippen LogP contribution in [-0.4, -0.2) is 12.6 Å². The molecule has 0 N–H and O–H groups in total. The van der Waals surface area contributed by atoms with Crippen molar-refractivity contribution >= 4 is 5.97 Å². The molecule has 0 amide bonds. The minimum Gasteiger partial charge on any atom is -0.463 e. The molecule has 0 rings (SSSR count). The first-order chi connectivity index (χ1) is 6.99. The lowest BCUT2D eigenvalue weighted by Gasteiger charge is -2.06. The second-order valence-electron chi connectivity index (χ2n) is 3.62. The van der Waals surface area contributed by atoms with Crippen molar-refractivity contribution in [3.8, 4) is 0 Å². The Kier molecular flexibility index (Phi) is 6.43. The van der Waals surface area contributed by atoms with Gasteiger partial charge in [-0.05, 0) is 39.7 Å². The van der Waals surface area contributed by atoms with Crippen LogP contribution in [-0.2, 0) is 9.53 Å². The normalized spacial score (nSPS) is 10.1. The lowest BCUT2D eigenvalue weighted by atomic mass is 10.0. The van der Waals surface area contributed by atoms with Gasteiger partial charge < -0.3 is 4.74 Å². The van der Waals surface area contributed by atoms with Crippen LogP contribution >= 0.6 is 0 Å². The van der Waals surface area contributed by atoms with E-state index >= 15 is 0 Å². The zero-order valence-corrected chi connectivity index (χ0v) is 10.1. The van der Waals surface area contributed by atoms with Crippen LogP contribution in [0.2, 0.25) is 0 Å². The number of hydrogen-bond donors (Lipinski definition) is 0. The van der Waals surface area contributed by atoms with Gasteiger partial charge in [-0.1, -0.05) is 23.8 Å². The molecule has 0 fully saturated rings. The summed E-state index contributed by atoms with van der Waals surface area (Å²) >= 11 is 0. The third-order valence-electron chi connectivity index (χ3n) is 1.98. The smallest absolute Gasteiger partial charge is 0.330 e. The third kappa shape index (κ3) is 5.89. The SMILES string of the molecule is C=C(C)C(C/C=C/C(=O)OCC)=C(C)C. The summed E-state index contributed by atoms with van der Waals surface area (Å²) in [4.78, 5) is 11.0. The van der Waals surface area contributed by atoms with Gasteiger partial charge in [-0.25, -0.2) is 4.79 Å². The average Bonchev–Trinajstić information content (AvgIpc) is 2.11. The van der Waals surface area contributed by atoms with E-state index in [1.54, 1.807) is 6.92 Å². The van der Waals surface area contributed by atoms with Crippen LogP contribution in [0.15, 0.2) is 35.5 Å². The average molecular weight is 208 g/mol. The number of hydrogen-bond acceptors (Lipinski definition) is 2. The van der Waals surface area contributed by atoms with E-state index in [-0.39, 0.29) is 5.97 Å². The van der Waals surface area contributed by atoms with Crippen LogP contribution in [0.4, 0.5) is 0 Å². The number of rotatable bonds is 5. The lowest BCUT2D eigenvalue weighted by Crippen LogP contribution is -1.99. The summed E-state index contributed by atoms with van der Waals surface area (Å²) < 4.78 is 4.78. The van der Waals surface area contributed by atoms with Crippen molar-refractivity contribution in [1.29, 1.82) is 0 Å². The molecule has 0 atom stereocenters. The van der Waals surface area contributed by atoms with E-state index < -0.39 is 0 Å². The molecule has 0 unspecified atom stereocenters. The minimum absolute atomic E-state index is 0.285. The van der Waals surface area contributed by atoms with Gasteiger partial charge in [0.25, 0.3) is 0 Å². The number of carbonyl (C=O) groups excluding carboxylic acids is 1. The molecule has 0 spiro atoms. The molecule has 84 valence electrons. The molecular formula is C13H20O2. The fourth-order valence-corrected chi connectivity index (χ4v) is 1.27. The van der Waals surface area contributed by atoms with Gasteiger partial charge in [0, 0.05) is 6.08 Å². The van der Waals surface area contributed by atoms with Crippen LogP contribution in [0.1, 0.15) is 34.1 Å². The number of allylic oxidation sites excluding steroid dienone is 4. The second-order valence-corrected chi connectivity index (χ2v) is 3.62. The van der Waals surface area contributed by atoms with E-state index in [0.717, 1.165) is 12.0 Å². The van der Waals surface area contributed by atoms with Gasteiger partial charge in [0.2, 0.25) is 0 Å². The highest BCUT2D eigenvalue weighted by Gasteiger charge is 1.99. The Morgan fingerprint density at radius 3 is 2.33 bits per heavy atom. The van der Waals surface area contributed by atoms with Crippen molar-refractivity contribution < 1.29 is 9.53 Å². The van der Waals surface area contributed by atoms with E-state index in [4.69, 9.17) is 4.74 Å². The van der Waals surface area contributed by atoms with Crippen LogP contribution in [0, 0.1) is 0 Å². The Balaban J connectivity index is 4.31. The first-order valence-corrected chi connectivity index (χ1v) is 5.14. The molecule has 0 aliphatic heterocycles. The number of ether oxygens (including phenoxy) is 1. The quantitative estimate of drug-likeness (QED) is 0.393. The molecule has 0 bridgehead atoms. The van der Waals surface area contributed by atoms with Gasteiger partial charge in [0.15, 0.2) is 0 Å². The third-order valence-corrected chi connectivity index (χ3v) is 1.98. The van der Waals surface area contributed by atoms with Crippen molar-refractivity contribution in [2.45, 2.75) is 34.1 Å². The molecule has 0 aromatic rings. The highest BCUT2D eigenvalue weighted by molar-refractivity contribution is 5.81. The summed E-state index contributed by atoms with van der Waals surface area (Å²) in [6, 6.07) is 0. The first-order valence-electron chi connectivity index (χ1n) is 5.14. The van der Waals surface area contributed by atoms with Crippen LogP contribution in [0.5, 0.6) is 0 Å². The molecule has 0 aliphatic rings. The lowest BCUT2D eigenvalue weighted by molar-refractivity contribution is -0.137. The summed E-state index contributed by atoms with van der Waals surface area (Å²) in [6.07, 6.45) is 4.01. The van der Waals surface area contributed by atoms with E-state index in [1.165, 1.54) is 17.2 Å². The number of esters is 1. The molecule has 0 heterocycles. The summed E-state index contributed by atoms with van der Waals surface area (Å²) in [7, 11) is 0. The Bertz CT molecular complexity index is 292. The zero-order valence-electron chi connectivity index (χ0n) is 10.1. The monoisotopic (exact) mass is 208 g/mol. The van der Waals surface area contributed by atoms with E-state index in [2.05, 4.69) is 6.58 Å². The number of carbonyl (C=O) groups is 1. The molecule has 0 radical (unpaired) electrons. The Labute approximate surface area is 92.3 Å². The summed E-state index contributed by atoms with van der Waals surface area (Å²) in [5.74, 6) is -0.285. The largest absolute Gasteiger partial charge is 0.463 e. The second kappa shape index (κ2) is 7.04. The highest BCUT2D eigenvalue weighted by Crippen LogP contribution is 2.16. The topological polar surface area (TPSA) is 26.3 Å². The van der Waals surface area contributed by atoms with Crippen molar-refractivity contribution in [2.75, 3.05) is 6.61 Å². The molecule has 0 saturated heterocycles. The summed E-state index contributed by atoms with van der Waals surface area (Å²) in [6.45, 7) is 12.2. The zero-order chi connectivity index (χ0) is 11.8. The van der Waals surface area contributed by atoms with Gasteiger partial charge in [0.1, 0.15) is 0 Å². The van der Waals surface area contributed by atoms with Crippen molar-refractivity contribution in [3.05, 3.63) is 35.5 Å². The Hall–Kier alpha value is -1.31. The molecular weight excluding hydrogens is 188 g/mol. The molecule has 0 aliphatic carbocycles. The van der Waals surface area contributed by atoms with Gasteiger partial charge in [-0.3, -0.25) is 0 Å². The summed E-state index contributed by atoms with van der Waals surface area (Å²) in [5.41, 5.74) is 3.47. The molecule has 15 heavy (non-hydrogen) atoms. The van der Waals surface area contributed by atoms with Gasteiger partial charge >= 0.3 is 5.97 Å². The van der Waals surface area contributed by atoms with Gasteiger partial charge in [-0.2, -0.15) is 0 Å². The predicted molar refractivity (Wildman–Crippen MR) is 63.6 cm³/mol. The van der Waals surface area contributed by atoms with Crippen LogP contribution < -0.4 is 0 Å². The van der Waals surface area contributed by atoms with Crippen molar-refractivity contribution in [1.82, 2.24) is 0 Å². The molecule has 0 saturated carbocycles. The summed E-state index contributed by atoms with van der Waals surface area (Å²) in [5, 5.41) is 0. The van der Waals surface area contributed by atoms with Crippen molar-refractivity contribution in [3.63, 3.8) is 0 Å². The standard InChI is InChI=1S/C13H20O2/c1-6-15-13(14)9-7-8-12(10(2)3)11(4)5/h7,9H,2,6,8H2,1,3-5H3/b9-7+. The minimum atomic E-state index is -0.285. The van der Waals surface area contributed by atoms with Crippen molar-refractivity contribution in [2.24, 2.45) is 0 Å². The Morgan fingerprint density at radius 1 is 1.33 bits per heavy atom. The molecule has 2 nitrogen and oxygen atoms in total. The molecule has 0 aromatic heterocycles. The highest BCUT2D eigenvalue weighted by atomic mass is 16.5. The Morgan fingerprint density at radius 2 is 1.93 bits per heavy atom. The van der Waals surface area contributed by atoms with E-state index in [1.807, 2.05) is 26.8 Å². The van der Waals surface area contributed by atoms with Crippen LogP contribution in [0.3, 0.4) is 0 Å². The maximum absolute atomic E-state index is 11.0. The predicted octanol–water partition coefficient (Wildman–Crippen LogP) is 3.41. The van der Waals surface area contributed by atoms with Gasteiger partial charge in [-0.15, -0.1) is 0 Å². The van der Waals surface area contributed by atoms with Crippen LogP contribution in [0.25, 0.3) is 0 Å². The fourth-order valence-electron chi connectivity index (χ4n) is 1.27. The molecule has 0 aromatic carbocycles. The fraction of sp³-hybridized carbons (Fsp3) is 0.462. The van der Waals surface area contributed by atoms with E-state index in [9.17, 15) is 4.79 Å². The molecule has 2 heteroatoms. The van der Waals surface area contributed by atoms with Gasteiger partial charge in [0.05, 0.1) is 6.61 Å². The first kappa shape index (κ1) is 13.7.